The molecule has 2 aromatic heterocycles. The normalized spacial score (nSPS) is 12.9. The molecule has 0 saturated heterocycles. The second-order valence-electron chi connectivity index (χ2n) is 7.83. The number of rotatable bonds is 5. The SMILES string of the molecule is CC(C)(C)OC(=O)n1cc(B(O)O)c2c(OCCS(C)(C)C)ncnc21. The van der Waals surface area contributed by atoms with E-state index in [9.17, 15) is 14.8 Å². The summed E-state index contributed by atoms with van der Waals surface area (Å²) in [5.74, 6) is 1.08. The quantitative estimate of drug-likeness (QED) is 0.741. The van der Waals surface area contributed by atoms with E-state index in [1.54, 1.807) is 20.8 Å². The predicted molar refractivity (Wildman–Crippen MR) is 105 cm³/mol. The maximum Gasteiger partial charge on any atom is 0.490 e. The summed E-state index contributed by atoms with van der Waals surface area (Å²) in [6.07, 6.45) is 8.42. The second-order valence-corrected chi connectivity index (χ2v) is 12.4. The Morgan fingerprint density at radius 3 is 2.46 bits per heavy atom. The molecule has 0 aliphatic heterocycles. The summed E-state index contributed by atoms with van der Waals surface area (Å²) >= 11 is 0. The van der Waals surface area contributed by atoms with E-state index in [1.165, 1.54) is 12.5 Å². The summed E-state index contributed by atoms with van der Waals surface area (Å²) in [5.41, 5.74) is -0.409. The van der Waals surface area contributed by atoms with Gasteiger partial charge in [-0.3, -0.25) is 0 Å². The molecule has 0 aliphatic rings. The molecule has 2 aromatic rings. The van der Waals surface area contributed by atoms with Crippen LogP contribution in [0.2, 0.25) is 0 Å². The first-order valence-electron chi connectivity index (χ1n) is 8.13. The monoisotopic (exact) mass is 383 g/mol. The zero-order valence-corrected chi connectivity index (χ0v) is 16.8. The van der Waals surface area contributed by atoms with Gasteiger partial charge in [0.2, 0.25) is 5.88 Å². The number of hydrogen-bond donors (Lipinski definition) is 2. The van der Waals surface area contributed by atoms with E-state index in [2.05, 4.69) is 28.7 Å². The molecule has 2 N–H and O–H groups in total. The Labute approximate surface area is 155 Å². The summed E-state index contributed by atoms with van der Waals surface area (Å²) in [7, 11) is -2.55. The van der Waals surface area contributed by atoms with Gasteiger partial charge in [-0.25, -0.2) is 29.4 Å². The first-order valence-corrected chi connectivity index (χ1v) is 11.2. The molecular weight excluding hydrogens is 357 g/mol. The Morgan fingerprint density at radius 2 is 1.92 bits per heavy atom. The second kappa shape index (κ2) is 7.46. The molecule has 8 nitrogen and oxygen atoms in total. The van der Waals surface area contributed by atoms with E-state index in [1.807, 2.05) is 0 Å². The first kappa shape index (κ1) is 20.5. The molecular formula is C16H26BN3O5S. The van der Waals surface area contributed by atoms with Crippen LogP contribution in [0.1, 0.15) is 20.8 Å². The number of ether oxygens (including phenoxy) is 2. The fraction of sp³-hybridized carbons (Fsp3) is 0.562. The van der Waals surface area contributed by atoms with Gasteiger partial charge in [-0.2, -0.15) is 0 Å². The Bertz CT molecular complexity index is 796. The average Bonchev–Trinajstić information content (AvgIpc) is 2.85. The maximum atomic E-state index is 12.4. The lowest BCUT2D eigenvalue weighted by atomic mass is 9.80. The molecule has 0 radical (unpaired) electrons. The van der Waals surface area contributed by atoms with Crippen LogP contribution in [0, 0.1) is 0 Å². The van der Waals surface area contributed by atoms with Gasteiger partial charge in [-0.15, -0.1) is 0 Å². The fourth-order valence-electron chi connectivity index (χ4n) is 2.20. The summed E-state index contributed by atoms with van der Waals surface area (Å²) in [6.45, 7) is 5.67. The molecule has 0 amide bonds. The number of fused-ring (bicyclic) bond motifs is 1. The van der Waals surface area contributed by atoms with Crippen molar-refractivity contribution in [1.82, 2.24) is 14.5 Å². The smallest absolute Gasteiger partial charge is 0.476 e. The molecule has 0 atom stereocenters. The highest BCUT2D eigenvalue weighted by Gasteiger charge is 2.28. The van der Waals surface area contributed by atoms with Crippen LogP contribution in [0.5, 0.6) is 5.88 Å². The molecule has 2 rings (SSSR count). The molecule has 0 saturated carbocycles. The van der Waals surface area contributed by atoms with Crippen molar-refractivity contribution in [3.63, 3.8) is 0 Å². The van der Waals surface area contributed by atoms with Crippen LogP contribution in [0.3, 0.4) is 0 Å². The summed E-state index contributed by atoms with van der Waals surface area (Å²) < 4.78 is 12.3. The molecule has 10 heteroatoms. The Balaban J connectivity index is 2.45. The third-order valence-electron chi connectivity index (χ3n) is 3.38. The third-order valence-corrected chi connectivity index (χ3v) is 4.77. The van der Waals surface area contributed by atoms with Gasteiger partial charge in [-0.1, -0.05) is 0 Å². The fourth-order valence-corrected chi connectivity index (χ4v) is 2.79. The van der Waals surface area contributed by atoms with E-state index in [-0.39, 0.29) is 22.4 Å². The molecule has 0 unspecified atom stereocenters. The van der Waals surface area contributed by atoms with Crippen molar-refractivity contribution in [2.75, 3.05) is 31.1 Å². The Kier molecular flexibility index (Phi) is 5.89. The van der Waals surface area contributed by atoms with Crippen LogP contribution in [0.25, 0.3) is 11.0 Å². The molecule has 0 aliphatic carbocycles. The number of carbonyl (C=O) groups excluding carboxylic acids is 1. The van der Waals surface area contributed by atoms with Crippen LogP contribution in [0.4, 0.5) is 4.79 Å². The van der Waals surface area contributed by atoms with E-state index in [4.69, 9.17) is 9.47 Å². The highest BCUT2D eigenvalue weighted by molar-refractivity contribution is 8.32. The topological polar surface area (TPSA) is 107 Å². The summed E-state index contributed by atoms with van der Waals surface area (Å²) in [5, 5.41) is 19.7. The van der Waals surface area contributed by atoms with Gasteiger partial charge in [0.1, 0.15) is 11.9 Å². The van der Waals surface area contributed by atoms with Crippen LogP contribution >= 0.6 is 10.0 Å². The lowest BCUT2D eigenvalue weighted by molar-refractivity contribution is 0.0544. The van der Waals surface area contributed by atoms with Crippen LogP contribution in [0.15, 0.2) is 12.5 Å². The molecule has 0 fully saturated rings. The van der Waals surface area contributed by atoms with Gasteiger partial charge >= 0.3 is 13.2 Å². The molecule has 26 heavy (non-hydrogen) atoms. The van der Waals surface area contributed by atoms with Crippen LogP contribution in [-0.4, -0.2) is 74.5 Å². The zero-order chi connectivity index (χ0) is 19.7. The van der Waals surface area contributed by atoms with E-state index in [0.717, 1.165) is 10.3 Å². The van der Waals surface area contributed by atoms with Gasteiger partial charge in [0.05, 0.1) is 12.0 Å². The Morgan fingerprint density at radius 1 is 1.27 bits per heavy atom. The standard InChI is InChI=1S/C16H26BN3O5S/c1-16(2,3)25-15(21)20-9-11(17(22)23)12-13(20)18-10-19-14(12)24-7-8-26(4,5)6/h9-10,22-23H,7-8H2,1-6H3. The van der Waals surface area contributed by atoms with Crippen molar-refractivity contribution in [2.45, 2.75) is 26.4 Å². The molecule has 0 bridgehead atoms. The zero-order valence-electron chi connectivity index (χ0n) is 16.0. The first-order chi connectivity index (χ1) is 11.9. The van der Waals surface area contributed by atoms with Crippen molar-refractivity contribution in [3.05, 3.63) is 12.5 Å². The number of aromatic nitrogens is 3. The highest BCUT2D eigenvalue weighted by Crippen LogP contribution is 2.34. The molecule has 0 spiro atoms. The minimum atomic E-state index is -1.80. The number of hydrogen-bond acceptors (Lipinski definition) is 7. The predicted octanol–water partition coefficient (Wildman–Crippen LogP) is 0.967. The summed E-state index contributed by atoms with van der Waals surface area (Å²) in [6, 6.07) is 0. The van der Waals surface area contributed by atoms with Crippen LogP contribution < -0.4 is 10.2 Å². The lowest BCUT2D eigenvalue weighted by Crippen LogP contribution is -2.30. The number of nitrogens with zero attached hydrogens (tertiary/aromatic N) is 3. The molecule has 144 valence electrons. The van der Waals surface area contributed by atoms with Gasteiger partial charge in [-0.05, 0) is 39.5 Å². The van der Waals surface area contributed by atoms with Crippen molar-refractivity contribution < 1.29 is 24.3 Å². The molecule has 0 aromatic carbocycles. The highest BCUT2D eigenvalue weighted by atomic mass is 32.3. The van der Waals surface area contributed by atoms with Gasteiger partial charge in [0.15, 0.2) is 5.65 Å². The van der Waals surface area contributed by atoms with Gasteiger partial charge < -0.3 is 19.5 Å². The van der Waals surface area contributed by atoms with E-state index < -0.39 is 28.8 Å². The van der Waals surface area contributed by atoms with E-state index in [0.29, 0.717) is 6.61 Å². The minimum absolute atomic E-state index is 0.0876. The van der Waals surface area contributed by atoms with E-state index >= 15 is 0 Å². The Hall–Kier alpha value is -1.78. The lowest BCUT2D eigenvalue weighted by Gasteiger charge is -2.24. The molecule has 2 heterocycles. The van der Waals surface area contributed by atoms with Crippen molar-refractivity contribution in [3.8, 4) is 5.88 Å². The van der Waals surface area contributed by atoms with Crippen LogP contribution in [-0.2, 0) is 4.74 Å². The summed E-state index contributed by atoms with van der Waals surface area (Å²) in [4.78, 5) is 20.7. The average molecular weight is 383 g/mol. The van der Waals surface area contributed by atoms with Gasteiger partial charge in [0, 0.05) is 17.4 Å². The largest absolute Gasteiger partial charge is 0.490 e. The van der Waals surface area contributed by atoms with Crippen molar-refractivity contribution in [1.29, 1.82) is 0 Å². The van der Waals surface area contributed by atoms with Crippen molar-refractivity contribution >= 4 is 39.7 Å². The van der Waals surface area contributed by atoms with Gasteiger partial charge in [0.25, 0.3) is 0 Å². The number of carbonyl (C=O) groups is 1. The maximum absolute atomic E-state index is 12.4. The third kappa shape index (κ3) is 5.12. The minimum Gasteiger partial charge on any atom is -0.476 e. The van der Waals surface area contributed by atoms with Crippen molar-refractivity contribution in [2.24, 2.45) is 0 Å².